The van der Waals surface area contributed by atoms with Crippen molar-refractivity contribution in [2.45, 2.75) is 63.2 Å². The predicted molar refractivity (Wildman–Crippen MR) is 110 cm³/mol. The number of rotatable bonds is 4. The van der Waals surface area contributed by atoms with Crippen molar-refractivity contribution >= 4 is 22.8 Å². The standard InChI is InChI=1S/C24H28N2O/c1-2-24(27)26-22-14-12-20-23(26)15-13-21(22)25(20)16-6-10-18-9-5-8-17-7-3-4-11-19(17)18/h3-11,20-23H,2,12-16H2,1H3/b10-6+. The lowest BCUT2D eigenvalue weighted by atomic mass is 9.71. The summed E-state index contributed by atoms with van der Waals surface area (Å²) in [6, 6.07) is 17.1. The normalized spacial score (nSPS) is 29.9. The minimum Gasteiger partial charge on any atom is -0.334 e. The van der Waals surface area contributed by atoms with E-state index in [2.05, 4.69) is 64.4 Å². The molecule has 4 unspecified atom stereocenters. The molecule has 7 rings (SSSR count). The first-order valence-electron chi connectivity index (χ1n) is 10.5. The molecule has 0 aromatic heterocycles. The molecule has 5 fully saturated rings. The fraction of sp³-hybridized carbons (Fsp3) is 0.458. The largest absolute Gasteiger partial charge is 0.334 e. The van der Waals surface area contributed by atoms with Crippen LogP contribution < -0.4 is 0 Å². The van der Waals surface area contributed by atoms with Gasteiger partial charge in [0.05, 0.1) is 0 Å². The molecule has 0 spiro atoms. The lowest BCUT2D eigenvalue weighted by Crippen LogP contribution is -2.76. The first-order chi connectivity index (χ1) is 13.3. The maximum atomic E-state index is 12.5. The third-order valence-electron chi connectivity index (χ3n) is 7.00. The van der Waals surface area contributed by atoms with E-state index in [-0.39, 0.29) is 0 Å². The van der Waals surface area contributed by atoms with Gasteiger partial charge in [-0.2, -0.15) is 0 Å². The molecule has 5 aliphatic heterocycles. The quantitative estimate of drug-likeness (QED) is 0.803. The van der Waals surface area contributed by atoms with Crippen LogP contribution in [0.3, 0.4) is 0 Å². The number of hydrogen-bond acceptors (Lipinski definition) is 2. The van der Waals surface area contributed by atoms with Gasteiger partial charge in [0.2, 0.25) is 5.91 Å². The fourth-order valence-electron chi connectivity index (χ4n) is 5.89. The summed E-state index contributed by atoms with van der Waals surface area (Å²) >= 11 is 0. The SMILES string of the molecule is CCC(=O)N1C2CCC3C1CCC2N3C/C=C/c1cccc2ccccc12. The van der Waals surface area contributed by atoms with Crippen LogP contribution in [0.15, 0.2) is 48.5 Å². The zero-order chi connectivity index (χ0) is 18.4. The van der Waals surface area contributed by atoms with E-state index in [1.807, 2.05) is 6.92 Å². The van der Waals surface area contributed by atoms with Crippen LogP contribution in [0.5, 0.6) is 0 Å². The Morgan fingerprint density at radius 2 is 1.63 bits per heavy atom. The molecule has 27 heavy (non-hydrogen) atoms. The van der Waals surface area contributed by atoms with Crippen LogP contribution in [0.25, 0.3) is 16.8 Å². The highest BCUT2D eigenvalue weighted by Gasteiger charge is 2.55. The molecule has 0 radical (unpaired) electrons. The molecule has 0 N–H and O–H groups in total. The Morgan fingerprint density at radius 3 is 2.37 bits per heavy atom. The van der Waals surface area contributed by atoms with Gasteiger partial charge in [-0.3, -0.25) is 9.69 Å². The number of carbonyl (C=O) groups excluding carboxylic acids is 1. The molecule has 1 amide bonds. The average Bonchev–Trinajstić information content (AvgIpc) is 2.73. The van der Waals surface area contributed by atoms with E-state index in [9.17, 15) is 4.79 Å². The van der Waals surface area contributed by atoms with Gasteiger partial charge in [0.1, 0.15) is 0 Å². The monoisotopic (exact) mass is 360 g/mol. The lowest BCUT2D eigenvalue weighted by Gasteiger charge is -2.64. The number of piperidine rings is 4. The van der Waals surface area contributed by atoms with Crippen molar-refractivity contribution in [3.8, 4) is 0 Å². The Kier molecular flexibility index (Phi) is 4.28. The minimum absolute atomic E-state index is 0.366. The van der Waals surface area contributed by atoms with E-state index >= 15 is 0 Å². The minimum atomic E-state index is 0.366. The summed E-state index contributed by atoms with van der Waals surface area (Å²) in [5, 5.41) is 2.61. The molecular formula is C24H28N2O. The van der Waals surface area contributed by atoms with E-state index in [0.29, 0.717) is 36.5 Å². The Hall–Kier alpha value is -2.13. The van der Waals surface area contributed by atoms with Gasteiger partial charge in [0.25, 0.3) is 0 Å². The van der Waals surface area contributed by atoms with E-state index in [0.717, 1.165) is 6.54 Å². The number of amides is 1. The van der Waals surface area contributed by atoms with Gasteiger partial charge in [0.15, 0.2) is 0 Å². The maximum Gasteiger partial charge on any atom is 0.222 e. The van der Waals surface area contributed by atoms with Crippen LogP contribution >= 0.6 is 0 Å². The summed E-state index contributed by atoms with van der Waals surface area (Å²) in [4.78, 5) is 17.4. The van der Waals surface area contributed by atoms with Gasteiger partial charge in [-0.15, -0.1) is 0 Å². The van der Waals surface area contributed by atoms with Gasteiger partial charge in [-0.25, -0.2) is 0 Å². The van der Waals surface area contributed by atoms with Crippen molar-refractivity contribution in [3.63, 3.8) is 0 Å². The number of fused-ring (bicyclic) bond motifs is 3. The highest BCUT2D eigenvalue weighted by molar-refractivity contribution is 5.90. The van der Waals surface area contributed by atoms with Gasteiger partial charge in [-0.1, -0.05) is 61.5 Å². The Bertz CT molecular complexity index is 864. The number of piperazine rings is 1. The summed E-state index contributed by atoms with van der Waals surface area (Å²) < 4.78 is 0. The summed E-state index contributed by atoms with van der Waals surface area (Å²) in [6.45, 7) is 3.00. The highest BCUT2D eigenvalue weighted by Crippen LogP contribution is 2.45. The van der Waals surface area contributed by atoms with Crippen LogP contribution in [-0.2, 0) is 4.79 Å². The molecule has 4 bridgehead atoms. The second kappa shape index (κ2) is 6.79. The smallest absolute Gasteiger partial charge is 0.222 e. The van der Waals surface area contributed by atoms with Crippen LogP contribution in [0.1, 0.15) is 44.6 Å². The molecule has 5 saturated heterocycles. The second-order valence-electron chi connectivity index (χ2n) is 8.25. The number of benzene rings is 2. The third kappa shape index (κ3) is 2.71. The molecule has 2 aromatic carbocycles. The fourth-order valence-corrected chi connectivity index (χ4v) is 5.89. The van der Waals surface area contributed by atoms with Crippen LogP contribution in [-0.4, -0.2) is 46.4 Å². The molecule has 0 aliphatic carbocycles. The third-order valence-corrected chi connectivity index (χ3v) is 7.00. The Balaban J connectivity index is 1.35. The van der Waals surface area contributed by atoms with Gasteiger partial charge in [-0.05, 0) is 42.0 Å². The molecule has 2 aromatic rings. The summed E-state index contributed by atoms with van der Waals surface area (Å²) in [6.07, 6.45) is 10.2. The molecule has 0 saturated carbocycles. The average molecular weight is 361 g/mol. The number of carbonyl (C=O) groups is 1. The molecule has 4 atom stereocenters. The highest BCUT2D eigenvalue weighted by atomic mass is 16.2. The van der Waals surface area contributed by atoms with E-state index in [1.54, 1.807) is 0 Å². The van der Waals surface area contributed by atoms with Crippen molar-refractivity contribution in [2.24, 2.45) is 0 Å². The molecule has 140 valence electrons. The topological polar surface area (TPSA) is 23.6 Å². The summed E-state index contributed by atoms with van der Waals surface area (Å²) in [7, 11) is 0. The van der Waals surface area contributed by atoms with Crippen molar-refractivity contribution in [3.05, 3.63) is 54.1 Å². The predicted octanol–water partition coefficient (Wildman–Crippen LogP) is 4.47. The zero-order valence-corrected chi connectivity index (χ0v) is 16.1. The molecule has 3 heteroatoms. The Morgan fingerprint density at radius 1 is 0.963 bits per heavy atom. The van der Waals surface area contributed by atoms with E-state index in [4.69, 9.17) is 0 Å². The van der Waals surface area contributed by atoms with E-state index < -0.39 is 0 Å². The Labute approximate surface area is 161 Å². The lowest BCUT2D eigenvalue weighted by molar-refractivity contribution is -0.169. The van der Waals surface area contributed by atoms with E-state index in [1.165, 1.54) is 42.0 Å². The van der Waals surface area contributed by atoms with Gasteiger partial charge < -0.3 is 4.90 Å². The molecule has 5 heterocycles. The van der Waals surface area contributed by atoms with Crippen LogP contribution in [0.2, 0.25) is 0 Å². The van der Waals surface area contributed by atoms with Gasteiger partial charge in [0, 0.05) is 37.1 Å². The molecule has 3 nitrogen and oxygen atoms in total. The van der Waals surface area contributed by atoms with Crippen molar-refractivity contribution < 1.29 is 4.79 Å². The maximum absolute atomic E-state index is 12.5. The second-order valence-corrected chi connectivity index (χ2v) is 8.25. The zero-order valence-electron chi connectivity index (χ0n) is 16.1. The van der Waals surface area contributed by atoms with Crippen molar-refractivity contribution in [1.82, 2.24) is 9.80 Å². The van der Waals surface area contributed by atoms with Crippen molar-refractivity contribution in [1.29, 1.82) is 0 Å². The molecular weight excluding hydrogens is 332 g/mol. The number of nitrogens with zero attached hydrogens (tertiary/aromatic N) is 2. The van der Waals surface area contributed by atoms with Crippen LogP contribution in [0.4, 0.5) is 0 Å². The van der Waals surface area contributed by atoms with Gasteiger partial charge >= 0.3 is 0 Å². The summed E-state index contributed by atoms with van der Waals surface area (Å²) in [5.41, 5.74) is 1.29. The molecule has 5 aliphatic rings. The summed E-state index contributed by atoms with van der Waals surface area (Å²) in [5.74, 6) is 0.366. The van der Waals surface area contributed by atoms with Crippen LogP contribution in [0, 0.1) is 0 Å². The number of hydrogen-bond donors (Lipinski definition) is 0. The van der Waals surface area contributed by atoms with Crippen molar-refractivity contribution in [2.75, 3.05) is 6.54 Å². The first kappa shape index (κ1) is 17.0. The first-order valence-corrected chi connectivity index (χ1v) is 10.5.